The van der Waals surface area contributed by atoms with Gasteiger partial charge in [0.25, 0.3) is 0 Å². The number of carbonyl (C=O) groups is 3. The van der Waals surface area contributed by atoms with Gasteiger partial charge in [-0.25, -0.2) is 0 Å². The molecule has 1 atom stereocenters. The SMILES string of the molecule is CCCCCCCCCCCCCCC(=O)OC[C@@H](COC(=O)CCCCCCCCCCC)OC(=O)CCCCCCCCCCCCCCCC(C)C. The van der Waals surface area contributed by atoms with Crippen molar-refractivity contribution in [2.75, 3.05) is 13.2 Å². The lowest BCUT2D eigenvalue weighted by Gasteiger charge is -2.18. The van der Waals surface area contributed by atoms with E-state index in [4.69, 9.17) is 14.2 Å². The Morgan fingerprint density at radius 2 is 0.600 bits per heavy atom. The van der Waals surface area contributed by atoms with Gasteiger partial charge in [-0.2, -0.15) is 0 Å². The number of carbonyl (C=O) groups excluding carboxylic acids is 3. The predicted molar refractivity (Wildman–Crippen MR) is 233 cm³/mol. The van der Waals surface area contributed by atoms with Crippen LogP contribution in [0.25, 0.3) is 0 Å². The molecule has 0 N–H and O–H groups in total. The van der Waals surface area contributed by atoms with Crippen molar-refractivity contribution >= 4 is 17.9 Å². The number of hydrogen-bond acceptors (Lipinski definition) is 6. The Balaban J connectivity index is 4.28. The highest BCUT2D eigenvalue weighted by Crippen LogP contribution is 2.17. The highest BCUT2D eigenvalue weighted by molar-refractivity contribution is 5.71. The number of rotatable bonds is 44. The van der Waals surface area contributed by atoms with Crippen LogP contribution in [0.4, 0.5) is 0 Å². The smallest absolute Gasteiger partial charge is 0.306 e. The van der Waals surface area contributed by atoms with Gasteiger partial charge in [-0.3, -0.25) is 14.4 Å². The van der Waals surface area contributed by atoms with Crippen molar-refractivity contribution < 1.29 is 28.6 Å². The van der Waals surface area contributed by atoms with Gasteiger partial charge in [0.2, 0.25) is 0 Å². The second kappa shape index (κ2) is 43.5. The second-order valence-corrected chi connectivity index (χ2v) is 17.2. The summed E-state index contributed by atoms with van der Waals surface area (Å²) in [5.41, 5.74) is 0. The Morgan fingerprint density at radius 3 is 0.891 bits per heavy atom. The molecule has 6 nitrogen and oxygen atoms in total. The molecule has 0 saturated heterocycles. The molecule has 0 bridgehead atoms. The van der Waals surface area contributed by atoms with E-state index in [9.17, 15) is 14.4 Å². The quantitative estimate of drug-likeness (QED) is 0.0348. The van der Waals surface area contributed by atoms with Gasteiger partial charge in [-0.1, -0.05) is 233 Å². The molecule has 326 valence electrons. The first kappa shape index (κ1) is 53.4. The van der Waals surface area contributed by atoms with Gasteiger partial charge in [0.1, 0.15) is 13.2 Å². The van der Waals surface area contributed by atoms with E-state index in [1.54, 1.807) is 0 Å². The van der Waals surface area contributed by atoms with E-state index >= 15 is 0 Å². The summed E-state index contributed by atoms with van der Waals surface area (Å²) in [6, 6.07) is 0. The normalized spacial score (nSPS) is 11.9. The molecule has 6 heteroatoms. The Bertz CT molecular complexity index is 826. The van der Waals surface area contributed by atoms with Crippen molar-refractivity contribution in [2.24, 2.45) is 5.92 Å². The Labute approximate surface area is 342 Å². The Kier molecular flexibility index (Phi) is 42.3. The van der Waals surface area contributed by atoms with E-state index in [0.717, 1.165) is 63.7 Å². The summed E-state index contributed by atoms with van der Waals surface area (Å²) in [7, 11) is 0. The van der Waals surface area contributed by atoms with Crippen LogP contribution in [0.5, 0.6) is 0 Å². The third-order valence-electron chi connectivity index (χ3n) is 11.0. The topological polar surface area (TPSA) is 78.9 Å². The Morgan fingerprint density at radius 1 is 0.345 bits per heavy atom. The minimum absolute atomic E-state index is 0.0632. The molecular formula is C49H94O6. The average Bonchev–Trinajstić information content (AvgIpc) is 3.17. The van der Waals surface area contributed by atoms with Gasteiger partial charge in [0.15, 0.2) is 6.10 Å². The molecule has 0 heterocycles. The molecule has 0 aliphatic heterocycles. The maximum atomic E-state index is 12.7. The van der Waals surface area contributed by atoms with Crippen LogP contribution >= 0.6 is 0 Å². The molecule has 0 radical (unpaired) electrons. The zero-order valence-electron chi connectivity index (χ0n) is 37.4. The van der Waals surface area contributed by atoms with Crippen molar-refractivity contribution in [1.29, 1.82) is 0 Å². The van der Waals surface area contributed by atoms with Crippen molar-refractivity contribution in [3.63, 3.8) is 0 Å². The Hall–Kier alpha value is -1.59. The van der Waals surface area contributed by atoms with E-state index in [0.29, 0.717) is 19.3 Å². The van der Waals surface area contributed by atoms with Crippen LogP contribution in [-0.4, -0.2) is 37.2 Å². The number of hydrogen-bond donors (Lipinski definition) is 0. The second-order valence-electron chi connectivity index (χ2n) is 17.2. The molecule has 0 spiro atoms. The van der Waals surface area contributed by atoms with Crippen LogP contribution in [0.3, 0.4) is 0 Å². The summed E-state index contributed by atoms with van der Waals surface area (Å²) >= 11 is 0. The van der Waals surface area contributed by atoms with E-state index in [1.165, 1.54) is 167 Å². The summed E-state index contributed by atoms with van der Waals surface area (Å²) in [5, 5.41) is 0. The lowest BCUT2D eigenvalue weighted by molar-refractivity contribution is -0.167. The van der Waals surface area contributed by atoms with Crippen molar-refractivity contribution in [3.8, 4) is 0 Å². The van der Waals surface area contributed by atoms with Gasteiger partial charge in [0.05, 0.1) is 0 Å². The molecule has 0 amide bonds. The first-order valence-electron chi connectivity index (χ1n) is 24.4. The minimum atomic E-state index is -0.759. The number of unbranched alkanes of at least 4 members (excludes halogenated alkanes) is 31. The summed E-state index contributed by atoms with van der Waals surface area (Å²) in [4.78, 5) is 37.7. The van der Waals surface area contributed by atoms with Gasteiger partial charge in [-0.05, 0) is 25.2 Å². The highest BCUT2D eigenvalue weighted by atomic mass is 16.6. The van der Waals surface area contributed by atoms with Gasteiger partial charge in [-0.15, -0.1) is 0 Å². The van der Waals surface area contributed by atoms with Crippen molar-refractivity contribution in [3.05, 3.63) is 0 Å². The lowest BCUT2D eigenvalue weighted by atomic mass is 10.0. The van der Waals surface area contributed by atoms with Crippen LogP contribution in [0.1, 0.15) is 272 Å². The van der Waals surface area contributed by atoms with Gasteiger partial charge < -0.3 is 14.2 Å². The standard InChI is InChI=1S/C49H94O6/c1-5-7-9-11-13-15-16-21-25-29-33-37-41-48(51)54-44-46(43-53-47(50)40-36-32-28-23-14-12-10-8-6-2)55-49(52)42-38-34-30-26-22-19-17-18-20-24-27-31-35-39-45(3)4/h45-46H,5-44H2,1-4H3/t46-/m1/s1. The molecule has 0 aromatic carbocycles. The zero-order valence-corrected chi connectivity index (χ0v) is 37.4. The highest BCUT2D eigenvalue weighted by Gasteiger charge is 2.19. The fraction of sp³-hybridized carbons (Fsp3) is 0.939. The first-order valence-corrected chi connectivity index (χ1v) is 24.4. The molecule has 0 fully saturated rings. The van der Waals surface area contributed by atoms with Crippen molar-refractivity contribution in [1.82, 2.24) is 0 Å². The first-order chi connectivity index (χ1) is 26.9. The summed E-state index contributed by atoms with van der Waals surface area (Å²) in [6.45, 7) is 9.00. The monoisotopic (exact) mass is 779 g/mol. The molecule has 0 aliphatic carbocycles. The summed E-state index contributed by atoms with van der Waals surface area (Å²) < 4.78 is 16.7. The lowest BCUT2D eigenvalue weighted by Crippen LogP contribution is -2.30. The molecule has 0 unspecified atom stereocenters. The van der Waals surface area contributed by atoms with Crippen LogP contribution in [-0.2, 0) is 28.6 Å². The largest absolute Gasteiger partial charge is 0.462 e. The minimum Gasteiger partial charge on any atom is -0.462 e. The molecular weight excluding hydrogens is 685 g/mol. The predicted octanol–water partition coefficient (Wildman–Crippen LogP) is 15.5. The van der Waals surface area contributed by atoms with Crippen LogP contribution in [0, 0.1) is 5.92 Å². The molecule has 0 aromatic rings. The molecule has 0 aliphatic rings. The molecule has 0 rings (SSSR count). The molecule has 0 aromatic heterocycles. The summed E-state index contributed by atoms with van der Waals surface area (Å²) in [5.74, 6) is -0.0129. The van der Waals surface area contributed by atoms with Gasteiger partial charge in [0, 0.05) is 19.3 Å². The molecule has 0 saturated carbocycles. The maximum Gasteiger partial charge on any atom is 0.306 e. The van der Waals surface area contributed by atoms with Crippen LogP contribution in [0.2, 0.25) is 0 Å². The van der Waals surface area contributed by atoms with E-state index < -0.39 is 6.10 Å². The van der Waals surface area contributed by atoms with E-state index in [2.05, 4.69) is 27.7 Å². The van der Waals surface area contributed by atoms with Gasteiger partial charge >= 0.3 is 17.9 Å². The van der Waals surface area contributed by atoms with Crippen LogP contribution in [0.15, 0.2) is 0 Å². The van der Waals surface area contributed by atoms with E-state index in [1.807, 2.05) is 0 Å². The summed E-state index contributed by atoms with van der Waals surface area (Å²) in [6.07, 6.45) is 43.7. The fourth-order valence-corrected chi connectivity index (χ4v) is 7.33. The average molecular weight is 779 g/mol. The third-order valence-corrected chi connectivity index (χ3v) is 11.0. The zero-order chi connectivity index (χ0) is 40.3. The molecule has 55 heavy (non-hydrogen) atoms. The maximum absolute atomic E-state index is 12.7. The third kappa shape index (κ3) is 43.4. The number of ether oxygens (including phenoxy) is 3. The van der Waals surface area contributed by atoms with Crippen molar-refractivity contribution in [2.45, 2.75) is 278 Å². The fourth-order valence-electron chi connectivity index (χ4n) is 7.33. The van der Waals surface area contributed by atoms with Crippen LogP contribution < -0.4 is 0 Å². The van der Waals surface area contributed by atoms with E-state index in [-0.39, 0.29) is 31.1 Å². The number of esters is 3.